The molecule has 1 unspecified atom stereocenters. The van der Waals surface area contributed by atoms with Crippen LogP contribution in [0, 0.1) is 6.92 Å². The van der Waals surface area contributed by atoms with Crippen molar-refractivity contribution in [1.82, 2.24) is 5.32 Å². The minimum absolute atomic E-state index is 0.418. The second-order valence-electron chi connectivity index (χ2n) is 5.60. The van der Waals surface area contributed by atoms with Gasteiger partial charge in [0.1, 0.15) is 5.75 Å². The lowest BCUT2D eigenvalue weighted by atomic mass is 9.97. The van der Waals surface area contributed by atoms with Crippen LogP contribution in [-0.4, -0.2) is 13.7 Å². The van der Waals surface area contributed by atoms with Crippen LogP contribution in [0.5, 0.6) is 5.75 Å². The van der Waals surface area contributed by atoms with Gasteiger partial charge in [0.15, 0.2) is 0 Å². The average molecular weight is 277 g/mol. The van der Waals surface area contributed by atoms with Crippen LogP contribution in [-0.2, 0) is 0 Å². The van der Waals surface area contributed by atoms with Gasteiger partial charge in [-0.3, -0.25) is 0 Å². The summed E-state index contributed by atoms with van der Waals surface area (Å²) in [5.74, 6) is 1.01. The summed E-state index contributed by atoms with van der Waals surface area (Å²) in [5, 5.41) is 3.68. The predicted molar refractivity (Wildman–Crippen MR) is 87.5 cm³/mol. The third-order valence-corrected chi connectivity index (χ3v) is 3.75. The molecular formula is C18H31NO. The molecule has 1 N–H and O–H groups in total. The Hall–Kier alpha value is -1.02. The maximum absolute atomic E-state index is 5.55. The number of hydrogen-bond acceptors (Lipinski definition) is 2. The SMILES string of the molecule is CCCCCCC(NCCC)c1cc(C)ccc1OC. The minimum Gasteiger partial charge on any atom is -0.496 e. The van der Waals surface area contributed by atoms with E-state index >= 15 is 0 Å². The number of rotatable bonds is 10. The Morgan fingerprint density at radius 3 is 2.55 bits per heavy atom. The van der Waals surface area contributed by atoms with E-state index in [1.54, 1.807) is 7.11 Å². The molecule has 114 valence electrons. The Kier molecular flexibility index (Phi) is 8.36. The van der Waals surface area contributed by atoms with E-state index in [2.05, 4.69) is 44.3 Å². The van der Waals surface area contributed by atoms with Crippen LogP contribution in [0.3, 0.4) is 0 Å². The quantitative estimate of drug-likeness (QED) is 0.607. The van der Waals surface area contributed by atoms with Crippen molar-refractivity contribution in [2.75, 3.05) is 13.7 Å². The summed E-state index contributed by atoms with van der Waals surface area (Å²) in [4.78, 5) is 0. The summed E-state index contributed by atoms with van der Waals surface area (Å²) in [7, 11) is 1.77. The summed E-state index contributed by atoms with van der Waals surface area (Å²) in [6, 6.07) is 6.90. The van der Waals surface area contributed by atoms with E-state index in [1.807, 2.05) is 0 Å². The molecule has 0 saturated carbocycles. The lowest BCUT2D eigenvalue weighted by molar-refractivity contribution is 0.391. The highest BCUT2D eigenvalue weighted by Gasteiger charge is 2.15. The van der Waals surface area contributed by atoms with Gasteiger partial charge in [0.2, 0.25) is 0 Å². The second kappa shape index (κ2) is 9.82. The van der Waals surface area contributed by atoms with Crippen LogP contribution < -0.4 is 10.1 Å². The zero-order valence-electron chi connectivity index (χ0n) is 13.7. The van der Waals surface area contributed by atoms with E-state index in [9.17, 15) is 0 Å². The summed E-state index contributed by atoms with van der Waals surface area (Å²) < 4.78 is 5.55. The first-order valence-electron chi connectivity index (χ1n) is 8.10. The van der Waals surface area contributed by atoms with Crippen molar-refractivity contribution in [3.63, 3.8) is 0 Å². The van der Waals surface area contributed by atoms with Crippen LogP contribution in [0.4, 0.5) is 0 Å². The molecular weight excluding hydrogens is 246 g/mol. The third kappa shape index (κ3) is 5.54. The number of unbranched alkanes of at least 4 members (excludes halogenated alkanes) is 3. The maximum Gasteiger partial charge on any atom is 0.123 e. The molecule has 2 heteroatoms. The molecule has 0 heterocycles. The van der Waals surface area contributed by atoms with Crippen LogP contribution >= 0.6 is 0 Å². The van der Waals surface area contributed by atoms with Crippen molar-refractivity contribution >= 4 is 0 Å². The van der Waals surface area contributed by atoms with Crippen molar-refractivity contribution < 1.29 is 4.74 Å². The maximum atomic E-state index is 5.55. The predicted octanol–water partition coefficient (Wildman–Crippen LogP) is 5.01. The van der Waals surface area contributed by atoms with E-state index in [0.717, 1.165) is 12.3 Å². The van der Waals surface area contributed by atoms with E-state index < -0.39 is 0 Å². The first-order valence-corrected chi connectivity index (χ1v) is 8.10. The van der Waals surface area contributed by atoms with E-state index in [0.29, 0.717) is 6.04 Å². The van der Waals surface area contributed by atoms with Crippen LogP contribution in [0.2, 0.25) is 0 Å². The van der Waals surface area contributed by atoms with Gasteiger partial charge in [-0.1, -0.05) is 57.2 Å². The van der Waals surface area contributed by atoms with Crippen LogP contribution in [0.25, 0.3) is 0 Å². The average Bonchev–Trinajstić information content (AvgIpc) is 2.46. The lowest BCUT2D eigenvalue weighted by Crippen LogP contribution is -2.22. The highest BCUT2D eigenvalue weighted by molar-refractivity contribution is 5.39. The molecule has 0 saturated heterocycles. The molecule has 2 nitrogen and oxygen atoms in total. The number of aryl methyl sites for hydroxylation is 1. The van der Waals surface area contributed by atoms with Gasteiger partial charge < -0.3 is 10.1 Å². The van der Waals surface area contributed by atoms with Crippen molar-refractivity contribution in [3.8, 4) is 5.75 Å². The van der Waals surface area contributed by atoms with Crippen molar-refractivity contribution in [2.45, 2.75) is 65.3 Å². The van der Waals surface area contributed by atoms with Gasteiger partial charge in [-0.25, -0.2) is 0 Å². The fourth-order valence-corrected chi connectivity index (χ4v) is 2.59. The molecule has 0 bridgehead atoms. The molecule has 0 radical (unpaired) electrons. The third-order valence-electron chi connectivity index (χ3n) is 3.75. The Labute approximate surface area is 124 Å². The monoisotopic (exact) mass is 277 g/mol. The van der Waals surface area contributed by atoms with Gasteiger partial charge in [-0.15, -0.1) is 0 Å². The number of benzene rings is 1. The molecule has 0 aromatic heterocycles. The first kappa shape index (κ1) is 17.0. The van der Waals surface area contributed by atoms with Gasteiger partial charge in [0, 0.05) is 11.6 Å². The Morgan fingerprint density at radius 2 is 1.90 bits per heavy atom. The fourth-order valence-electron chi connectivity index (χ4n) is 2.59. The second-order valence-corrected chi connectivity index (χ2v) is 5.60. The van der Waals surface area contributed by atoms with E-state index in [1.165, 1.54) is 49.7 Å². The zero-order valence-corrected chi connectivity index (χ0v) is 13.7. The lowest BCUT2D eigenvalue weighted by Gasteiger charge is -2.22. The van der Waals surface area contributed by atoms with E-state index in [-0.39, 0.29) is 0 Å². The largest absolute Gasteiger partial charge is 0.496 e. The number of hydrogen-bond donors (Lipinski definition) is 1. The number of ether oxygens (including phenoxy) is 1. The Balaban J connectivity index is 2.77. The molecule has 0 aliphatic rings. The molecule has 0 aliphatic heterocycles. The number of nitrogens with one attached hydrogen (secondary N) is 1. The molecule has 1 atom stereocenters. The fraction of sp³-hybridized carbons (Fsp3) is 0.667. The summed E-state index contributed by atoms with van der Waals surface area (Å²) in [5.41, 5.74) is 2.62. The molecule has 0 amide bonds. The summed E-state index contributed by atoms with van der Waals surface area (Å²) in [6.45, 7) is 7.69. The Bertz CT molecular complexity index is 376. The molecule has 0 aliphatic carbocycles. The zero-order chi connectivity index (χ0) is 14.8. The molecule has 20 heavy (non-hydrogen) atoms. The van der Waals surface area contributed by atoms with Crippen LogP contribution in [0.15, 0.2) is 18.2 Å². The Morgan fingerprint density at radius 1 is 1.10 bits per heavy atom. The number of methoxy groups -OCH3 is 1. The smallest absolute Gasteiger partial charge is 0.123 e. The summed E-state index contributed by atoms with van der Waals surface area (Å²) >= 11 is 0. The van der Waals surface area contributed by atoms with Crippen molar-refractivity contribution in [2.24, 2.45) is 0 Å². The highest BCUT2D eigenvalue weighted by Crippen LogP contribution is 2.29. The van der Waals surface area contributed by atoms with Crippen molar-refractivity contribution in [1.29, 1.82) is 0 Å². The van der Waals surface area contributed by atoms with Gasteiger partial charge >= 0.3 is 0 Å². The molecule has 1 rings (SSSR count). The van der Waals surface area contributed by atoms with Crippen LogP contribution in [0.1, 0.15) is 69.5 Å². The molecule has 1 aromatic rings. The standard InChI is InChI=1S/C18H31NO/c1-5-7-8-9-10-17(19-13-6-2)16-14-15(3)11-12-18(16)20-4/h11-12,14,17,19H,5-10,13H2,1-4H3. The van der Waals surface area contributed by atoms with E-state index in [4.69, 9.17) is 4.74 Å². The topological polar surface area (TPSA) is 21.3 Å². The van der Waals surface area contributed by atoms with Crippen molar-refractivity contribution in [3.05, 3.63) is 29.3 Å². The summed E-state index contributed by atoms with van der Waals surface area (Å²) in [6.07, 6.45) is 7.60. The molecule has 1 aromatic carbocycles. The highest BCUT2D eigenvalue weighted by atomic mass is 16.5. The van der Waals surface area contributed by atoms with Gasteiger partial charge in [-0.05, 0) is 32.4 Å². The normalized spacial score (nSPS) is 12.4. The van der Waals surface area contributed by atoms with Gasteiger partial charge in [0.05, 0.1) is 7.11 Å². The minimum atomic E-state index is 0.418. The van der Waals surface area contributed by atoms with Gasteiger partial charge in [0.25, 0.3) is 0 Å². The molecule has 0 fully saturated rings. The molecule has 0 spiro atoms. The first-order chi connectivity index (χ1) is 9.72. The van der Waals surface area contributed by atoms with Gasteiger partial charge in [-0.2, -0.15) is 0 Å².